The zero-order valence-electron chi connectivity index (χ0n) is 17.9. The molecule has 33 heavy (non-hydrogen) atoms. The zero-order chi connectivity index (χ0) is 21.9. The number of para-hydroxylation sites is 3. The van der Waals surface area contributed by atoms with E-state index in [0.717, 1.165) is 33.5 Å². The molecule has 0 bridgehead atoms. The molecule has 1 aliphatic carbocycles. The van der Waals surface area contributed by atoms with E-state index in [1.165, 1.54) is 21.8 Å². The summed E-state index contributed by atoms with van der Waals surface area (Å²) in [7, 11) is 0. The molecular formula is C30H20N2O. The quantitative estimate of drug-likeness (QED) is 0.286. The highest BCUT2D eigenvalue weighted by atomic mass is 16.1. The van der Waals surface area contributed by atoms with Crippen LogP contribution >= 0.6 is 0 Å². The lowest BCUT2D eigenvalue weighted by Crippen LogP contribution is -2.10. The predicted molar refractivity (Wildman–Crippen MR) is 136 cm³/mol. The van der Waals surface area contributed by atoms with E-state index in [-0.39, 0.29) is 5.78 Å². The average molecular weight is 425 g/mol. The van der Waals surface area contributed by atoms with Gasteiger partial charge in [-0.15, -0.1) is 0 Å². The molecule has 6 aromatic rings. The number of hydrogen-bond acceptors (Lipinski definition) is 1. The summed E-state index contributed by atoms with van der Waals surface area (Å²) in [6, 6.07) is 33.9. The Morgan fingerprint density at radius 2 is 1.03 bits per heavy atom. The Hall–Kier alpha value is -4.37. The molecule has 4 aromatic carbocycles. The van der Waals surface area contributed by atoms with E-state index in [0.29, 0.717) is 6.42 Å². The van der Waals surface area contributed by atoms with Gasteiger partial charge in [-0.25, -0.2) is 0 Å². The van der Waals surface area contributed by atoms with Gasteiger partial charge < -0.3 is 9.13 Å². The van der Waals surface area contributed by atoms with Crippen LogP contribution in [0, 0.1) is 0 Å². The number of benzene rings is 4. The molecular weight excluding hydrogens is 404 g/mol. The van der Waals surface area contributed by atoms with Gasteiger partial charge in [0.15, 0.2) is 5.78 Å². The fourth-order valence-electron chi connectivity index (χ4n) is 5.31. The number of aromatic nitrogens is 2. The van der Waals surface area contributed by atoms with Crippen LogP contribution in [0.3, 0.4) is 0 Å². The number of carbonyl (C=O) groups is 1. The third-order valence-electron chi connectivity index (χ3n) is 6.71. The smallest absolute Gasteiger partial charge is 0.183 e. The first-order valence-corrected chi connectivity index (χ1v) is 11.2. The molecule has 0 amide bonds. The van der Waals surface area contributed by atoms with Gasteiger partial charge in [-0.3, -0.25) is 4.79 Å². The summed E-state index contributed by atoms with van der Waals surface area (Å²) in [5, 5.41) is 3.61. The molecule has 0 unspecified atom stereocenters. The summed E-state index contributed by atoms with van der Waals surface area (Å²) in [5.74, 6) is 0.162. The lowest BCUT2D eigenvalue weighted by molar-refractivity contribution is 0.0988. The van der Waals surface area contributed by atoms with E-state index < -0.39 is 0 Å². The van der Waals surface area contributed by atoms with Crippen molar-refractivity contribution in [3.63, 3.8) is 0 Å². The topological polar surface area (TPSA) is 26.9 Å². The molecule has 156 valence electrons. The van der Waals surface area contributed by atoms with Gasteiger partial charge in [-0.1, -0.05) is 66.7 Å². The number of fused-ring (bicyclic) bond motifs is 6. The fraction of sp³-hybridized carbons (Fsp3) is 0.0333. The first-order valence-electron chi connectivity index (χ1n) is 11.2. The molecule has 3 nitrogen and oxygen atoms in total. The first-order chi connectivity index (χ1) is 16.3. The van der Waals surface area contributed by atoms with Gasteiger partial charge >= 0.3 is 0 Å². The Bertz CT molecular complexity index is 1690. The Balaban J connectivity index is 1.46. The number of carbonyl (C=O) groups excluding carboxylic acids is 1. The van der Waals surface area contributed by atoms with Gasteiger partial charge in [0.05, 0.1) is 22.2 Å². The second-order valence-corrected chi connectivity index (χ2v) is 8.53. The molecule has 0 saturated carbocycles. The maximum atomic E-state index is 12.9. The second kappa shape index (κ2) is 6.81. The second-order valence-electron chi connectivity index (χ2n) is 8.53. The summed E-state index contributed by atoms with van der Waals surface area (Å²) in [6.07, 6.45) is 4.50. The molecule has 0 fully saturated rings. The number of allylic oxidation sites excluding steroid dienone is 1. The van der Waals surface area contributed by atoms with Crippen molar-refractivity contribution >= 4 is 44.6 Å². The van der Waals surface area contributed by atoms with Crippen molar-refractivity contribution in [2.24, 2.45) is 0 Å². The van der Waals surface area contributed by atoms with Crippen molar-refractivity contribution in [1.82, 2.24) is 9.13 Å². The fourth-order valence-corrected chi connectivity index (χ4v) is 5.31. The van der Waals surface area contributed by atoms with Crippen molar-refractivity contribution in [2.75, 3.05) is 0 Å². The van der Waals surface area contributed by atoms with Gasteiger partial charge in [0.1, 0.15) is 0 Å². The lowest BCUT2D eigenvalue weighted by atomic mass is 10.0. The summed E-state index contributed by atoms with van der Waals surface area (Å²) >= 11 is 0. The third-order valence-corrected chi connectivity index (χ3v) is 6.71. The Morgan fingerprint density at radius 1 is 0.545 bits per heavy atom. The van der Waals surface area contributed by atoms with Crippen LogP contribution in [-0.4, -0.2) is 14.9 Å². The molecule has 0 N–H and O–H groups in total. The van der Waals surface area contributed by atoms with Crippen LogP contribution in [0.1, 0.15) is 22.5 Å². The number of ketones is 1. The number of rotatable bonds is 2. The van der Waals surface area contributed by atoms with Crippen LogP contribution in [0.4, 0.5) is 0 Å². The molecule has 0 spiro atoms. The Labute approximate surface area is 190 Å². The van der Waals surface area contributed by atoms with Crippen molar-refractivity contribution in [2.45, 2.75) is 6.42 Å². The van der Waals surface area contributed by atoms with E-state index in [1.54, 1.807) is 0 Å². The summed E-state index contributed by atoms with van der Waals surface area (Å²) in [6.45, 7) is 0. The van der Waals surface area contributed by atoms with Crippen LogP contribution in [0.15, 0.2) is 103 Å². The standard InChI is InChI=1S/C30H20N2O/c33-29-15-7-11-25-24-10-3-6-14-28(24)32(30(25)29)21-18-16-20(17-19-21)31-26-12-4-1-8-22(26)23-9-2-5-13-27(23)31/h1-14,16-19H,15H2. The minimum Gasteiger partial charge on any atom is -0.309 e. The number of nitrogens with zero attached hydrogens (tertiary/aromatic N) is 2. The molecule has 0 atom stereocenters. The predicted octanol–water partition coefficient (Wildman–Crippen LogP) is 7.33. The van der Waals surface area contributed by atoms with Gasteiger partial charge in [-0.05, 0) is 42.5 Å². The Kier molecular flexibility index (Phi) is 3.76. The van der Waals surface area contributed by atoms with Crippen LogP contribution in [0.25, 0.3) is 50.2 Å². The number of hydrogen-bond donors (Lipinski definition) is 0. The molecule has 2 aromatic heterocycles. The molecule has 7 rings (SSSR count). The van der Waals surface area contributed by atoms with Gasteiger partial charge in [0.2, 0.25) is 0 Å². The van der Waals surface area contributed by atoms with Crippen molar-refractivity contribution in [3.05, 3.63) is 114 Å². The molecule has 0 radical (unpaired) electrons. The molecule has 3 heteroatoms. The summed E-state index contributed by atoms with van der Waals surface area (Å²) in [4.78, 5) is 12.9. The average Bonchev–Trinajstić information content (AvgIpc) is 3.39. The van der Waals surface area contributed by atoms with Crippen LogP contribution in [-0.2, 0) is 0 Å². The van der Waals surface area contributed by atoms with Crippen molar-refractivity contribution in [1.29, 1.82) is 0 Å². The largest absolute Gasteiger partial charge is 0.309 e. The van der Waals surface area contributed by atoms with Gasteiger partial charge in [-0.2, -0.15) is 0 Å². The highest BCUT2D eigenvalue weighted by molar-refractivity contribution is 6.10. The normalized spacial score (nSPS) is 13.3. The van der Waals surface area contributed by atoms with E-state index in [1.807, 2.05) is 18.2 Å². The van der Waals surface area contributed by atoms with Crippen LogP contribution in [0.5, 0.6) is 0 Å². The third kappa shape index (κ3) is 2.53. The van der Waals surface area contributed by atoms with Crippen molar-refractivity contribution < 1.29 is 4.79 Å². The SMILES string of the molecule is O=C1CC=Cc2c1n(-c1ccc(-n3c4ccccc4c4ccccc43)cc1)c1ccccc21. The van der Waals surface area contributed by atoms with E-state index in [9.17, 15) is 4.79 Å². The molecule has 0 saturated heterocycles. The molecule has 0 aliphatic heterocycles. The minimum absolute atomic E-state index is 0.162. The monoisotopic (exact) mass is 424 g/mol. The maximum Gasteiger partial charge on any atom is 0.183 e. The van der Waals surface area contributed by atoms with Crippen LogP contribution < -0.4 is 0 Å². The van der Waals surface area contributed by atoms with E-state index in [4.69, 9.17) is 0 Å². The zero-order valence-corrected chi connectivity index (χ0v) is 17.9. The van der Waals surface area contributed by atoms with E-state index >= 15 is 0 Å². The number of Topliss-reactive ketones (excluding diaryl/α,β-unsaturated/α-hetero) is 1. The minimum atomic E-state index is 0.162. The lowest BCUT2D eigenvalue weighted by Gasteiger charge is -2.14. The maximum absolute atomic E-state index is 12.9. The molecule has 2 heterocycles. The van der Waals surface area contributed by atoms with Crippen LogP contribution in [0.2, 0.25) is 0 Å². The first kappa shape index (κ1) is 18.2. The van der Waals surface area contributed by atoms with Gasteiger partial charge in [0, 0.05) is 39.5 Å². The highest BCUT2D eigenvalue weighted by Gasteiger charge is 2.24. The summed E-state index contributed by atoms with van der Waals surface area (Å²) in [5.41, 5.74) is 7.35. The summed E-state index contributed by atoms with van der Waals surface area (Å²) < 4.78 is 4.43. The Morgan fingerprint density at radius 3 is 1.64 bits per heavy atom. The van der Waals surface area contributed by atoms with Gasteiger partial charge in [0.25, 0.3) is 0 Å². The highest BCUT2D eigenvalue weighted by Crippen LogP contribution is 2.35. The van der Waals surface area contributed by atoms with E-state index in [2.05, 4.69) is 100 Å². The van der Waals surface area contributed by atoms with Crippen molar-refractivity contribution in [3.8, 4) is 11.4 Å². The molecule has 1 aliphatic rings.